The van der Waals surface area contributed by atoms with E-state index in [4.69, 9.17) is 5.73 Å². The van der Waals surface area contributed by atoms with Crippen LogP contribution < -0.4 is 5.73 Å². The van der Waals surface area contributed by atoms with Gasteiger partial charge in [0.25, 0.3) is 0 Å². The molecule has 0 bridgehead atoms. The molecule has 1 aliphatic rings. The van der Waals surface area contributed by atoms with E-state index in [1.807, 2.05) is 6.07 Å². The van der Waals surface area contributed by atoms with Crippen LogP contribution in [-0.4, -0.2) is 54.5 Å². The van der Waals surface area contributed by atoms with E-state index in [9.17, 15) is 9.18 Å². The first-order valence-corrected chi connectivity index (χ1v) is 7.54. The van der Waals surface area contributed by atoms with Crippen LogP contribution in [0.25, 0.3) is 0 Å². The largest absolute Gasteiger partial charge is 0.369 e. The van der Waals surface area contributed by atoms with Crippen molar-refractivity contribution in [3.8, 4) is 0 Å². The van der Waals surface area contributed by atoms with Crippen LogP contribution in [-0.2, 0) is 11.2 Å². The number of carbonyl (C=O) groups is 1. The third-order valence-electron chi connectivity index (χ3n) is 4.15. The molecule has 1 fully saturated rings. The lowest BCUT2D eigenvalue weighted by Crippen LogP contribution is -2.51. The molecule has 0 spiro atoms. The van der Waals surface area contributed by atoms with Gasteiger partial charge in [-0.15, -0.1) is 0 Å². The van der Waals surface area contributed by atoms with Crippen LogP contribution in [0.4, 0.5) is 4.39 Å². The molecule has 1 saturated heterocycles. The maximum atomic E-state index is 13.1. The lowest BCUT2D eigenvalue weighted by atomic mass is 10.0. The van der Waals surface area contributed by atoms with Crippen molar-refractivity contribution < 1.29 is 9.18 Å². The van der Waals surface area contributed by atoms with Gasteiger partial charge < -0.3 is 5.73 Å². The van der Waals surface area contributed by atoms with Gasteiger partial charge in [0.05, 0.1) is 6.54 Å². The zero-order valence-corrected chi connectivity index (χ0v) is 12.6. The Kier molecular flexibility index (Phi) is 5.70. The molecule has 1 atom stereocenters. The van der Waals surface area contributed by atoms with E-state index in [1.54, 1.807) is 12.1 Å². The SMILES string of the molecule is C[C@@H](CCc1cccc(F)c1)N1CCN(CC(N)=O)CC1. The molecule has 0 aromatic heterocycles. The van der Waals surface area contributed by atoms with Crippen molar-refractivity contribution in [2.75, 3.05) is 32.7 Å². The Hall–Kier alpha value is -1.46. The molecular formula is C16H24FN3O. The second-order valence-corrected chi connectivity index (χ2v) is 5.80. The molecule has 1 heterocycles. The first-order valence-electron chi connectivity index (χ1n) is 7.54. The molecule has 0 radical (unpaired) electrons. The van der Waals surface area contributed by atoms with Crippen molar-refractivity contribution in [2.24, 2.45) is 5.73 Å². The summed E-state index contributed by atoms with van der Waals surface area (Å²) in [6.07, 6.45) is 1.90. The quantitative estimate of drug-likeness (QED) is 0.859. The molecule has 1 amide bonds. The summed E-state index contributed by atoms with van der Waals surface area (Å²) in [6.45, 7) is 6.24. The van der Waals surface area contributed by atoms with Gasteiger partial charge in [0.15, 0.2) is 0 Å². The summed E-state index contributed by atoms with van der Waals surface area (Å²) < 4.78 is 13.1. The summed E-state index contributed by atoms with van der Waals surface area (Å²) >= 11 is 0. The fourth-order valence-electron chi connectivity index (χ4n) is 2.83. The monoisotopic (exact) mass is 293 g/mol. The van der Waals surface area contributed by atoms with Gasteiger partial charge in [0, 0.05) is 32.2 Å². The highest BCUT2D eigenvalue weighted by atomic mass is 19.1. The topological polar surface area (TPSA) is 49.6 Å². The second-order valence-electron chi connectivity index (χ2n) is 5.80. The first kappa shape index (κ1) is 15.9. The number of rotatable bonds is 6. The summed E-state index contributed by atoms with van der Waals surface area (Å²) in [5, 5.41) is 0. The Balaban J connectivity index is 1.74. The number of carbonyl (C=O) groups excluding carboxylic acids is 1. The maximum absolute atomic E-state index is 13.1. The van der Waals surface area contributed by atoms with Crippen LogP contribution in [0.2, 0.25) is 0 Å². The molecule has 0 unspecified atom stereocenters. The minimum absolute atomic E-state index is 0.166. The highest BCUT2D eigenvalue weighted by Gasteiger charge is 2.21. The van der Waals surface area contributed by atoms with E-state index in [-0.39, 0.29) is 11.7 Å². The van der Waals surface area contributed by atoms with E-state index in [2.05, 4.69) is 16.7 Å². The molecule has 1 aliphatic heterocycles. The highest BCUT2D eigenvalue weighted by molar-refractivity contribution is 5.75. The number of nitrogens with zero attached hydrogens (tertiary/aromatic N) is 2. The fourth-order valence-corrected chi connectivity index (χ4v) is 2.83. The van der Waals surface area contributed by atoms with Gasteiger partial charge in [-0.05, 0) is 37.5 Å². The number of hydrogen-bond acceptors (Lipinski definition) is 3. The van der Waals surface area contributed by atoms with Gasteiger partial charge >= 0.3 is 0 Å². The van der Waals surface area contributed by atoms with Gasteiger partial charge in [0.1, 0.15) is 5.82 Å². The van der Waals surface area contributed by atoms with Crippen molar-refractivity contribution in [3.05, 3.63) is 35.6 Å². The van der Waals surface area contributed by atoms with Crippen molar-refractivity contribution in [3.63, 3.8) is 0 Å². The average molecular weight is 293 g/mol. The molecule has 5 heteroatoms. The lowest BCUT2D eigenvalue weighted by Gasteiger charge is -2.37. The summed E-state index contributed by atoms with van der Waals surface area (Å²) in [5.41, 5.74) is 6.27. The number of hydrogen-bond donors (Lipinski definition) is 1. The van der Waals surface area contributed by atoms with Crippen LogP contribution in [0.15, 0.2) is 24.3 Å². The number of benzene rings is 1. The second kappa shape index (κ2) is 7.52. The van der Waals surface area contributed by atoms with Gasteiger partial charge in [-0.25, -0.2) is 4.39 Å². The fraction of sp³-hybridized carbons (Fsp3) is 0.562. The molecule has 21 heavy (non-hydrogen) atoms. The van der Waals surface area contributed by atoms with E-state index >= 15 is 0 Å². The molecule has 4 nitrogen and oxygen atoms in total. The van der Waals surface area contributed by atoms with Gasteiger partial charge in [-0.3, -0.25) is 14.6 Å². The Morgan fingerprint density at radius 3 is 2.67 bits per heavy atom. The molecule has 2 N–H and O–H groups in total. The predicted molar refractivity (Wildman–Crippen MR) is 81.4 cm³/mol. The van der Waals surface area contributed by atoms with E-state index in [0.29, 0.717) is 12.6 Å². The van der Waals surface area contributed by atoms with Crippen LogP contribution in [0.1, 0.15) is 18.9 Å². The molecule has 0 aliphatic carbocycles. The van der Waals surface area contributed by atoms with Crippen LogP contribution in [0.5, 0.6) is 0 Å². The molecule has 1 aromatic carbocycles. The summed E-state index contributed by atoms with van der Waals surface area (Å²) in [6, 6.07) is 7.28. The molecular weight excluding hydrogens is 269 g/mol. The van der Waals surface area contributed by atoms with Crippen molar-refractivity contribution in [2.45, 2.75) is 25.8 Å². The number of aryl methyl sites for hydroxylation is 1. The average Bonchev–Trinajstić information content (AvgIpc) is 2.45. The predicted octanol–water partition coefficient (Wildman–Crippen LogP) is 1.25. The maximum Gasteiger partial charge on any atom is 0.231 e. The number of piperazine rings is 1. The van der Waals surface area contributed by atoms with E-state index < -0.39 is 0 Å². The summed E-state index contributed by atoms with van der Waals surface area (Å²) in [7, 11) is 0. The van der Waals surface area contributed by atoms with E-state index in [0.717, 1.165) is 44.6 Å². The highest BCUT2D eigenvalue weighted by Crippen LogP contribution is 2.13. The van der Waals surface area contributed by atoms with Gasteiger partial charge in [-0.1, -0.05) is 12.1 Å². The normalized spacial score (nSPS) is 18.6. The van der Waals surface area contributed by atoms with Crippen molar-refractivity contribution in [1.29, 1.82) is 0 Å². The third kappa shape index (κ3) is 5.10. The Morgan fingerprint density at radius 1 is 1.33 bits per heavy atom. The zero-order valence-electron chi connectivity index (χ0n) is 12.6. The Bertz CT molecular complexity index is 472. The van der Waals surface area contributed by atoms with Gasteiger partial charge in [0.2, 0.25) is 5.91 Å². The van der Waals surface area contributed by atoms with Gasteiger partial charge in [-0.2, -0.15) is 0 Å². The third-order valence-corrected chi connectivity index (χ3v) is 4.15. The summed E-state index contributed by atoms with van der Waals surface area (Å²) in [4.78, 5) is 15.4. The van der Waals surface area contributed by atoms with Crippen molar-refractivity contribution in [1.82, 2.24) is 9.80 Å². The number of amides is 1. The van der Waals surface area contributed by atoms with E-state index in [1.165, 1.54) is 6.07 Å². The lowest BCUT2D eigenvalue weighted by molar-refractivity contribution is -0.119. The Morgan fingerprint density at radius 2 is 2.05 bits per heavy atom. The van der Waals surface area contributed by atoms with Crippen LogP contribution in [0, 0.1) is 5.82 Å². The smallest absolute Gasteiger partial charge is 0.231 e. The molecule has 2 rings (SSSR count). The number of primary amides is 1. The number of halogens is 1. The zero-order chi connectivity index (χ0) is 15.2. The molecule has 116 valence electrons. The first-order chi connectivity index (χ1) is 10.0. The van der Waals surface area contributed by atoms with Crippen LogP contribution >= 0.6 is 0 Å². The standard InChI is InChI=1S/C16H24FN3O/c1-13(5-6-14-3-2-4-15(17)11-14)20-9-7-19(8-10-20)12-16(18)21/h2-4,11,13H,5-10,12H2,1H3,(H2,18,21)/t13-/m0/s1. The number of nitrogens with two attached hydrogens (primary N) is 1. The van der Waals surface area contributed by atoms with Crippen LogP contribution in [0.3, 0.4) is 0 Å². The Labute approximate surface area is 125 Å². The molecule has 1 aromatic rings. The molecule has 0 saturated carbocycles. The minimum Gasteiger partial charge on any atom is -0.369 e. The van der Waals surface area contributed by atoms with Crippen molar-refractivity contribution >= 4 is 5.91 Å². The summed E-state index contributed by atoms with van der Waals surface area (Å²) in [5.74, 6) is -0.428. The minimum atomic E-state index is -0.261.